The molecule has 12 nitrogen and oxygen atoms in total. The predicted octanol–water partition coefficient (Wildman–Crippen LogP) is 2.68. The highest BCUT2D eigenvalue weighted by atomic mass is 16.8. The van der Waals surface area contributed by atoms with Crippen molar-refractivity contribution in [3.63, 3.8) is 0 Å². The summed E-state index contributed by atoms with van der Waals surface area (Å²) in [6.45, 7) is 0. The van der Waals surface area contributed by atoms with E-state index in [0.29, 0.717) is 5.56 Å². The van der Waals surface area contributed by atoms with E-state index in [1.165, 1.54) is 18.2 Å². The van der Waals surface area contributed by atoms with Crippen LogP contribution in [0.15, 0.2) is 45.6 Å². The van der Waals surface area contributed by atoms with Crippen molar-refractivity contribution in [3.8, 4) is 0 Å². The van der Waals surface area contributed by atoms with E-state index in [1.807, 2.05) is 0 Å². The Hall–Kier alpha value is -3.51. The fourth-order valence-electron chi connectivity index (χ4n) is 2.82. The second kappa shape index (κ2) is 6.03. The number of carbonyl (C=O) groups excluding carboxylic acids is 1. The summed E-state index contributed by atoms with van der Waals surface area (Å²) >= 11 is 0. The van der Waals surface area contributed by atoms with E-state index in [-0.39, 0.29) is 12.0 Å². The number of furan rings is 2. The molecule has 2 aliphatic heterocycles. The van der Waals surface area contributed by atoms with Crippen LogP contribution in [0.4, 0.5) is 11.8 Å². The number of nitrogens with zero attached hydrogens (tertiary/aromatic N) is 2. The lowest BCUT2D eigenvalue weighted by Crippen LogP contribution is -2.41. The fraction of sp³-hybridized carbons (Fsp3) is 0.267. The zero-order chi connectivity index (χ0) is 19.2. The second-order valence-corrected chi connectivity index (χ2v) is 5.80. The van der Waals surface area contributed by atoms with Crippen molar-refractivity contribution in [1.29, 1.82) is 0 Å². The van der Waals surface area contributed by atoms with Crippen LogP contribution in [0.3, 0.4) is 0 Å². The molecule has 0 bridgehead atoms. The largest absolute Gasteiger partial charge is 0.433 e. The van der Waals surface area contributed by atoms with Gasteiger partial charge in [-0.1, -0.05) is 0 Å². The lowest BCUT2D eigenvalue weighted by Gasteiger charge is -2.39. The molecule has 1 spiro atoms. The van der Waals surface area contributed by atoms with Crippen molar-refractivity contribution < 1.29 is 37.7 Å². The van der Waals surface area contributed by atoms with Gasteiger partial charge in [-0.3, -0.25) is 20.2 Å². The quantitative estimate of drug-likeness (QED) is 0.440. The lowest BCUT2D eigenvalue weighted by atomic mass is 10.0. The molecular formula is C15H10N2O10. The minimum Gasteiger partial charge on any atom is -0.426 e. The molecule has 0 aliphatic carbocycles. The van der Waals surface area contributed by atoms with E-state index in [0.717, 1.165) is 18.6 Å². The number of carbonyl (C=O) groups is 1. The minimum atomic E-state index is -1.48. The van der Waals surface area contributed by atoms with Crippen LogP contribution in [0.25, 0.3) is 0 Å². The van der Waals surface area contributed by atoms with Crippen molar-refractivity contribution >= 4 is 17.7 Å². The Morgan fingerprint density at radius 1 is 1.04 bits per heavy atom. The molecule has 2 aromatic rings. The Labute approximate surface area is 149 Å². The van der Waals surface area contributed by atoms with Crippen LogP contribution >= 0.6 is 0 Å². The SMILES string of the molecule is O=C1C=C[C@]2(C[C@@H](c3coc([N+](=O)[O-])c3)O[C@@H](c3coc([N+](=O)[O-])c3)O2)O1. The molecule has 4 rings (SSSR count). The normalized spacial score (nSPS) is 27.0. The van der Waals surface area contributed by atoms with Gasteiger partial charge in [0.05, 0.1) is 23.8 Å². The minimum absolute atomic E-state index is 0.00235. The zero-order valence-electron chi connectivity index (χ0n) is 13.3. The Kier molecular flexibility index (Phi) is 3.78. The van der Waals surface area contributed by atoms with Gasteiger partial charge in [0.25, 0.3) is 0 Å². The Bertz CT molecular complexity index is 897. The molecule has 0 N–H and O–H groups in total. The lowest BCUT2D eigenvalue weighted by molar-refractivity contribution is -0.402. The summed E-state index contributed by atoms with van der Waals surface area (Å²) in [5.41, 5.74) is 0.504. The summed E-state index contributed by atoms with van der Waals surface area (Å²) in [4.78, 5) is 31.8. The number of rotatable bonds is 4. The number of nitro groups is 2. The molecule has 0 aromatic carbocycles. The van der Waals surface area contributed by atoms with Crippen LogP contribution in [0.2, 0.25) is 0 Å². The molecule has 0 saturated carbocycles. The van der Waals surface area contributed by atoms with Gasteiger partial charge >= 0.3 is 17.7 Å². The summed E-state index contributed by atoms with van der Waals surface area (Å²) in [5, 5.41) is 21.6. The van der Waals surface area contributed by atoms with Gasteiger partial charge in [0, 0.05) is 18.1 Å². The van der Waals surface area contributed by atoms with Crippen LogP contribution in [-0.2, 0) is 19.0 Å². The average Bonchev–Trinajstić information content (AvgIpc) is 3.34. The van der Waals surface area contributed by atoms with Crippen molar-refractivity contribution in [1.82, 2.24) is 0 Å². The number of hydrogen-bond acceptors (Lipinski definition) is 10. The Morgan fingerprint density at radius 2 is 1.67 bits per heavy atom. The van der Waals surface area contributed by atoms with Gasteiger partial charge in [-0.25, -0.2) is 4.79 Å². The molecule has 2 aromatic heterocycles. The number of hydrogen-bond donors (Lipinski definition) is 0. The first-order valence-corrected chi connectivity index (χ1v) is 7.56. The highest BCUT2D eigenvalue weighted by molar-refractivity contribution is 5.85. The molecule has 2 aliphatic rings. The highest BCUT2D eigenvalue weighted by Gasteiger charge is 2.48. The molecule has 0 radical (unpaired) electrons. The molecule has 27 heavy (non-hydrogen) atoms. The Balaban J connectivity index is 1.67. The van der Waals surface area contributed by atoms with Gasteiger partial charge < -0.3 is 23.0 Å². The number of ether oxygens (including phenoxy) is 3. The predicted molar refractivity (Wildman–Crippen MR) is 81.0 cm³/mol. The second-order valence-electron chi connectivity index (χ2n) is 5.80. The topological polar surface area (TPSA) is 157 Å². The summed E-state index contributed by atoms with van der Waals surface area (Å²) < 4.78 is 26.4. The monoisotopic (exact) mass is 378 g/mol. The molecule has 4 heterocycles. The molecule has 1 saturated heterocycles. The van der Waals surface area contributed by atoms with Crippen molar-refractivity contribution in [3.05, 3.63) is 68.2 Å². The van der Waals surface area contributed by atoms with E-state index in [4.69, 9.17) is 23.0 Å². The van der Waals surface area contributed by atoms with Gasteiger partial charge in [0.15, 0.2) is 6.29 Å². The maximum atomic E-state index is 11.5. The third-order valence-electron chi connectivity index (χ3n) is 4.03. The van der Waals surface area contributed by atoms with Gasteiger partial charge in [-0.2, -0.15) is 0 Å². The summed E-state index contributed by atoms with van der Waals surface area (Å²) in [6, 6.07) is 2.29. The molecular weight excluding hydrogens is 368 g/mol. The van der Waals surface area contributed by atoms with Gasteiger partial charge in [-0.05, 0) is 6.08 Å². The van der Waals surface area contributed by atoms with Crippen LogP contribution in [0.5, 0.6) is 0 Å². The third kappa shape index (κ3) is 3.07. The first-order chi connectivity index (χ1) is 12.8. The van der Waals surface area contributed by atoms with E-state index in [1.54, 1.807) is 0 Å². The van der Waals surface area contributed by atoms with Crippen LogP contribution in [0, 0.1) is 20.2 Å². The third-order valence-corrected chi connectivity index (χ3v) is 4.03. The average molecular weight is 378 g/mol. The van der Waals surface area contributed by atoms with Crippen LogP contribution < -0.4 is 0 Å². The molecule has 0 amide bonds. The smallest absolute Gasteiger partial charge is 0.426 e. The van der Waals surface area contributed by atoms with Crippen LogP contribution in [-0.4, -0.2) is 21.6 Å². The molecule has 12 heteroatoms. The number of esters is 1. The molecule has 140 valence electrons. The van der Waals surface area contributed by atoms with Crippen LogP contribution in [0.1, 0.15) is 29.9 Å². The first kappa shape index (κ1) is 16.9. The zero-order valence-corrected chi connectivity index (χ0v) is 13.3. The first-order valence-electron chi connectivity index (χ1n) is 7.56. The summed E-state index contributed by atoms with van der Waals surface area (Å²) in [5.74, 6) is -3.12. The fourth-order valence-corrected chi connectivity index (χ4v) is 2.82. The van der Waals surface area contributed by atoms with E-state index in [2.05, 4.69) is 0 Å². The van der Waals surface area contributed by atoms with E-state index >= 15 is 0 Å². The maximum Gasteiger partial charge on any atom is 0.433 e. The molecule has 3 atom stereocenters. The van der Waals surface area contributed by atoms with Crippen molar-refractivity contribution in [2.45, 2.75) is 24.6 Å². The van der Waals surface area contributed by atoms with Crippen molar-refractivity contribution in [2.24, 2.45) is 0 Å². The molecule has 0 unspecified atom stereocenters. The van der Waals surface area contributed by atoms with E-state index < -0.39 is 45.8 Å². The van der Waals surface area contributed by atoms with Gasteiger partial charge in [-0.15, -0.1) is 0 Å². The van der Waals surface area contributed by atoms with Gasteiger partial charge in [0.1, 0.15) is 22.4 Å². The Morgan fingerprint density at radius 3 is 2.22 bits per heavy atom. The van der Waals surface area contributed by atoms with Crippen molar-refractivity contribution in [2.75, 3.05) is 0 Å². The summed E-state index contributed by atoms with van der Waals surface area (Å²) in [6.07, 6.45) is 2.79. The maximum absolute atomic E-state index is 11.5. The van der Waals surface area contributed by atoms with Gasteiger partial charge in [0.2, 0.25) is 5.79 Å². The molecule has 1 fully saturated rings. The standard InChI is InChI=1S/C15H10N2O10/c18-13-1-2-15(26-13)5-10(8-3-11(16(19)20)23-6-8)25-14(27-15)9-4-12(17(21)22)24-7-9/h1-4,6-7,10,14H,5H2/t10-,14+,15-/m0/s1. The highest BCUT2D eigenvalue weighted by Crippen LogP contribution is 2.46. The van der Waals surface area contributed by atoms with E-state index in [9.17, 15) is 25.0 Å². The summed E-state index contributed by atoms with van der Waals surface area (Å²) in [7, 11) is 0.